The van der Waals surface area contributed by atoms with Crippen molar-refractivity contribution in [3.8, 4) is 5.75 Å². The molecule has 0 aliphatic rings. The number of anilines is 1. The third-order valence-corrected chi connectivity index (χ3v) is 3.08. The molecule has 0 saturated carbocycles. The zero-order valence-corrected chi connectivity index (χ0v) is 11.7. The van der Waals surface area contributed by atoms with E-state index in [4.69, 9.17) is 4.74 Å². The molecule has 1 N–H and O–H groups in total. The van der Waals surface area contributed by atoms with E-state index in [2.05, 4.69) is 48.4 Å². The van der Waals surface area contributed by atoms with Gasteiger partial charge in [-0.25, -0.2) is 4.98 Å². The fraction of sp³-hybridized carbons (Fsp3) is 0.312. The molecule has 0 amide bonds. The second kappa shape index (κ2) is 6.23. The highest BCUT2D eigenvalue weighted by Crippen LogP contribution is 2.26. The Morgan fingerprint density at radius 2 is 2.00 bits per heavy atom. The average molecular weight is 256 g/mol. The van der Waals surface area contributed by atoms with Crippen LogP contribution in [0.15, 0.2) is 42.6 Å². The van der Waals surface area contributed by atoms with E-state index in [1.807, 2.05) is 19.1 Å². The fourth-order valence-corrected chi connectivity index (χ4v) is 2.13. The van der Waals surface area contributed by atoms with Gasteiger partial charge in [-0.05, 0) is 44.0 Å². The molecule has 1 heterocycles. The molecular formula is C16H20N2O. The molecule has 2 aromatic rings. The van der Waals surface area contributed by atoms with Crippen molar-refractivity contribution in [3.63, 3.8) is 0 Å². The maximum atomic E-state index is 5.58. The Balaban J connectivity index is 2.19. The highest BCUT2D eigenvalue weighted by molar-refractivity contribution is 5.51. The minimum atomic E-state index is 0.190. The van der Waals surface area contributed by atoms with E-state index in [1.165, 1.54) is 11.1 Å². The lowest BCUT2D eigenvalue weighted by Crippen LogP contribution is -2.10. The first-order chi connectivity index (χ1) is 9.22. The van der Waals surface area contributed by atoms with Crippen molar-refractivity contribution in [1.82, 2.24) is 4.98 Å². The van der Waals surface area contributed by atoms with E-state index in [-0.39, 0.29) is 6.04 Å². The van der Waals surface area contributed by atoms with Gasteiger partial charge in [-0.1, -0.05) is 24.3 Å². The maximum Gasteiger partial charge on any atom is 0.169 e. The number of aryl methyl sites for hydroxylation is 1. The normalized spacial score (nSPS) is 11.9. The zero-order chi connectivity index (χ0) is 13.7. The van der Waals surface area contributed by atoms with Crippen LogP contribution in [0.3, 0.4) is 0 Å². The Morgan fingerprint density at radius 1 is 1.21 bits per heavy atom. The second-order valence-corrected chi connectivity index (χ2v) is 4.51. The van der Waals surface area contributed by atoms with E-state index >= 15 is 0 Å². The highest BCUT2D eigenvalue weighted by Gasteiger charge is 2.11. The van der Waals surface area contributed by atoms with Crippen LogP contribution in [0.5, 0.6) is 5.75 Å². The monoisotopic (exact) mass is 256 g/mol. The Labute approximate surface area is 114 Å². The van der Waals surface area contributed by atoms with Gasteiger partial charge >= 0.3 is 0 Å². The molecule has 0 bridgehead atoms. The SMILES string of the molecule is CCOc1cccnc1NC(C)c1ccccc1C. The van der Waals surface area contributed by atoms with E-state index in [0.717, 1.165) is 11.6 Å². The van der Waals surface area contributed by atoms with Gasteiger partial charge in [-0.3, -0.25) is 0 Å². The van der Waals surface area contributed by atoms with E-state index in [1.54, 1.807) is 6.20 Å². The summed E-state index contributed by atoms with van der Waals surface area (Å²) in [5.41, 5.74) is 2.55. The molecule has 3 nitrogen and oxygen atoms in total. The van der Waals surface area contributed by atoms with Gasteiger partial charge in [0.1, 0.15) is 0 Å². The van der Waals surface area contributed by atoms with Crippen LogP contribution >= 0.6 is 0 Å². The predicted octanol–water partition coefficient (Wildman–Crippen LogP) is 3.96. The number of hydrogen-bond donors (Lipinski definition) is 1. The van der Waals surface area contributed by atoms with Crippen LogP contribution in [0.25, 0.3) is 0 Å². The summed E-state index contributed by atoms with van der Waals surface area (Å²) in [6.45, 7) is 6.86. The minimum Gasteiger partial charge on any atom is -0.490 e. The van der Waals surface area contributed by atoms with Crippen molar-refractivity contribution in [3.05, 3.63) is 53.7 Å². The number of pyridine rings is 1. The molecule has 19 heavy (non-hydrogen) atoms. The molecule has 1 atom stereocenters. The van der Waals surface area contributed by atoms with Crippen molar-refractivity contribution in [2.75, 3.05) is 11.9 Å². The van der Waals surface area contributed by atoms with Crippen LogP contribution in [-0.2, 0) is 0 Å². The van der Waals surface area contributed by atoms with E-state index in [0.29, 0.717) is 6.61 Å². The number of aromatic nitrogens is 1. The number of rotatable bonds is 5. The second-order valence-electron chi connectivity index (χ2n) is 4.51. The van der Waals surface area contributed by atoms with Crippen LogP contribution in [0.4, 0.5) is 5.82 Å². The first kappa shape index (κ1) is 13.4. The summed E-state index contributed by atoms with van der Waals surface area (Å²) in [6, 6.07) is 12.4. The van der Waals surface area contributed by atoms with Gasteiger partial charge in [0.05, 0.1) is 12.6 Å². The van der Waals surface area contributed by atoms with E-state index in [9.17, 15) is 0 Å². The van der Waals surface area contributed by atoms with Crippen LogP contribution in [0.1, 0.15) is 31.0 Å². The molecule has 0 saturated heterocycles. The quantitative estimate of drug-likeness (QED) is 0.879. The van der Waals surface area contributed by atoms with Crippen LogP contribution < -0.4 is 10.1 Å². The summed E-state index contributed by atoms with van der Waals surface area (Å²) >= 11 is 0. The van der Waals surface area contributed by atoms with Crippen LogP contribution in [0.2, 0.25) is 0 Å². The zero-order valence-electron chi connectivity index (χ0n) is 11.7. The number of ether oxygens (including phenoxy) is 1. The number of nitrogens with zero attached hydrogens (tertiary/aromatic N) is 1. The van der Waals surface area contributed by atoms with Crippen molar-refractivity contribution in [2.45, 2.75) is 26.8 Å². The van der Waals surface area contributed by atoms with Gasteiger partial charge in [-0.15, -0.1) is 0 Å². The predicted molar refractivity (Wildman–Crippen MR) is 78.6 cm³/mol. The van der Waals surface area contributed by atoms with Crippen molar-refractivity contribution >= 4 is 5.82 Å². The first-order valence-electron chi connectivity index (χ1n) is 6.62. The number of benzene rings is 1. The molecule has 0 spiro atoms. The summed E-state index contributed by atoms with van der Waals surface area (Å²) in [5, 5.41) is 3.42. The molecule has 0 fully saturated rings. The molecule has 0 radical (unpaired) electrons. The summed E-state index contributed by atoms with van der Waals surface area (Å²) in [5.74, 6) is 1.59. The highest BCUT2D eigenvalue weighted by atomic mass is 16.5. The largest absolute Gasteiger partial charge is 0.490 e. The number of nitrogens with one attached hydrogen (secondary N) is 1. The Hall–Kier alpha value is -2.03. The van der Waals surface area contributed by atoms with Crippen molar-refractivity contribution in [2.24, 2.45) is 0 Å². The lowest BCUT2D eigenvalue weighted by Gasteiger charge is -2.18. The molecule has 3 heteroatoms. The maximum absolute atomic E-state index is 5.58. The summed E-state index contributed by atoms with van der Waals surface area (Å²) < 4.78 is 5.58. The van der Waals surface area contributed by atoms with Gasteiger partial charge in [0.15, 0.2) is 11.6 Å². The smallest absolute Gasteiger partial charge is 0.169 e. The van der Waals surface area contributed by atoms with Crippen molar-refractivity contribution < 1.29 is 4.74 Å². The molecule has 1 aromatic heterocycles. The van der Waals surface area contributed by atoms with Gasteiger partial charge < -0.3 is 10.1 Å². The summed E-state index contributed by atoms with van der Waals surface area (Å²) in [6.07, 6.45) is 1.77. The van der Waals surface area contributed by atoms with Gasteiger partial charge in [0, 0.05) is 6.20 Å². The molecule has 1 unspecified atom stereocenters. The van der Waals surface area contributed by atoms with Crippen molar-refractivity contribution in [1.29, 1.82) is 0 Å². The number of hydrogen-bond acceptors (Lipinski definition) is 3. The standard InChI is InChI=1S/C16H20N2O/c1-4-19-15-10-7-11-17-16(15)18-13(3)14-9-6-5-8-12(14)2/h5-11,13H,4H2,1-3H3,(H,17,18). The Morgan fingerprint density at radius 3 is 2.74 bits per heavy atom. The molecule has 2 rings (SSSR count). The lowest BCUT2D eigenvalue weighted by molar-refractivity contribution is 0.340. The molecule has 0 aliphatic heterocycles. The van der Waals surface area contributed by atoms with Gasteiger partial charge in [0.25, 0.3) is 0 Å². The van der Waals surface area contributed by atoms with Crippen LogP contribution in [0, 0.1) is 6.92 Å². The summed E-state index contributed by atoms with van der Waals surface area (Å²) in [7, 11) is 0. The fourth-order valence-electron chi connectivity index (χ4n) is 2.13. The summed E-state index contributed by atoms with van der Waals surface area (Å²) in [4.78, 5) is 4.36. The lowest BCUT2D eigenvalue weighted by atomic mass is 10.0. The molecule has 0 aliphatic carbocycles. The molecular weight excluding hydrogens is 236 g/mol. The third-order valence-electron chi connectivity index (χ3n) is 3.08. The average Bonchev–Trinajstić information content (AvgIpc) is 2.41. The van der Waals surface area contributed by atoms with Gasteiger partial charge in [0.2, 0.25) is 0 Å². The molecule has 100 valence electrons. The minimum absolute atomic E-state index is 0.190. The van der Waals surface area contributed by atoms with Crippen LogP contribution in [-0.4, -0.2) is 11.6 Å². The van der Waals surface area contributed by atoms with E-state index < -0.39 is 0 Å². The Bertz CT molecular complexity index is 540. The Kier molecular flexibility index (Phi) is 4.39. The third kappa shape index (κ3) is 3.25. The van der Waals surface area contributed by atoms with Gasteiger partial charge in [-0.2, -0.15) is 0 Å². The topological polar surface area (TPSA) is 34.1 Å². The first-order valence-corrected chi connectivity index (χ1v) is 6.62. The molecule has 1 aromatic carbocycles.